The molecule has 2 nitrogen and oxygen atoms in total. The van der Waals surface area contributed by atoms with Crippen LogP contribution in [0.3, 0.4) is 0 Å². The van der Waals surface area contributed by atoms with E-state index in [0.717, 1.165) is 34.4 Å². The lowest BCUT2D eigenvalue weighted by Gasteiger charge is -2.16. The Kier molecular flexibility index (Phi) is 3.03. The zero-order valence-electron chi connectivity index (χ0n) is 10.7. The number of hydrogen-bond donors (Lipinski definition) is 0. The Hall–Kier alpha value is -2.16. The SMILES string of the molecule is CCC1=NOCc2cc(-c3ccc(F)cc3)ccc21. The van der Waals surface area contributed by atoms with E-state index in [4.69, 9.17) is 4.84 Å². The fourth-order valence-corrected chi connectivity index (χ4v) is 2.30. The van der Waals surface area contributed by atoms with Crippen LogP contribution >= 0.6 is 0 Å². The molecule has 1 aliphatic rings. The van der Waals surface area contributed by atoms with E-state index in [0.29, 0.717) is 6.61 Å². The first-order valence-electron chi connectivity index (χ1n) is 6.36. The molecular formula is C16H14FNO. The lowest BCUT2D eigenvalue weighted by molar-refractivity contribution is 0.125. The monoisotopic (exact) mass is 255 g/mol. The van der Waals surface area contributed by atoms with Crippen LogP contribution in [0.1, 0.15) is 24.5 Å². The van der Waals surface area contributed by atoms with Gasteiger partial charge in [-0.1, -0.05) is 36.3 Å². The standard InChI is InChI=1S/C16H14FNO/c1-2-16-15-8-5-12(9-13(15)10-19-18-16)11-3-6-14(17)7-4-11/h3-9H,2,10H2,1H3. The van der Waals surface area contributed by atoms with Crippen molar-refractivity contribution in [3.05, 3.63) is 59.4 Å². The highest BCUT2D eigenvalue weighted by Gasteiger charge is 2.14. The lowest BCUT2D eigenvalue weighted by atomic mass is 9.96. The summed E-state index contributed by atoms with van der Waals surface area (Å²) in [7, 11) is 0. The van der Waals surface area contributed by atoms with E-state index < -0.39 is 0 Å². The summed E-state index contributed by atoms with van der Waals surface area (Å²) < 4.78 is 12.9. The van der Waals surface area contributed by atoms with Gasteiger partial charge in [0, 0.05) is 11.1 Å². The average Bonchev–Trinajstić information content (AvgIpc) is 2.47. The number of halogens is 1. The molecular weight excluding hydrogens is 241 g/mol. The maximum atomic E-state index is 12.9. The van der Waals surface area contributed by atoms with Crippen molar-refractivity contribution < 1.29 is 9.23 Å². The van der Waals surface area contributed by atoms with Gasteiger partial charge in [-0.15, -0.1) is 0 Å². The van der Waals surface area contributed by atoms with Gasteiger partial charge in [0.2, 0.25) is 0 Å². The molecule has 1 heterocycles. The van der Waals surface area contributed by atoms with Gasteiger partial charge < -0.3 is 4.84 Å². The smallest absolute Gasteiger partial charge is 0.143 e. The molecule has 0 aromatic heterocycles. The second kappa shape index (κ2) is 4.84. The van der Waals surface area contributed by atoms with Crippen LogP contribution in [-0.2, 0) is 11.4 Å². The third-order valence-corrected chi connectivity index (χ3v) is 3.32. The van der Waals surface area contributed by atoms with Crippen molar-refractivity contribution in [2.45, 2.75) is 20.0 Å². The first-order chi connectivity index (χ1) is 9.28. The number of fused-ring (bicyclic) bond motifs is 1. The van der Waals surface area contributed by atoms with Crippen LogP contribution in [-0.4, -0.2) is 5.71 Å². The van der Waals surface area contributed by atoms with Gasteiger partial charge in [-0.25, -0.2) is 4.39 Å². The molecule has 19 heavy (non-hydrogen) atoms. The summed E-state index contributed by atoms with van der Waals surface area (Å²) in [6.07, 6.45) is 0.850. The molecule has 0 N–H and O–H groups in total. The molecule has 2 aromatic carbocycles. The van der Waals surface area contributed by atoms with Crippen LogP contribution in [0.15, 0.2) is 47.6 Å². The Morgan fingerprint density at radius 2 is 1.84 bits per heavy atom. The molecule has 0 atom stereocenters. The van der Waals surface area contributed by atoms with E-state index in [1.807, 2.05) is 6.07 Å². The minimum absolute atomic E-state index is 0.217. The summed E-state index contributed by atoms with van der Waals surface area (Å²) in [5.41, 5.74) is 5.34. The molecule has 3 rings (SSSR count). The maximum absolute atomic E-state index is 12.9. The molecule has 0 aliphatic carbocycles. The second-order valence-electron chi connectivity index (χ2n) is 4.54. The van der Waals surface area contributed by atoms with Gasteiger partial charge in [0.05, 0.1) is 5.71 Å². The van der Waals surface area contributed by atoms with Crippen molar-refractivity contribution in [3.8, 4) is 11.1 Å². The summed E-state index contributed by atoms with van der Waals surface area (Å²) in [6.45, 7) is 2.55. The number of oxime groups is 1. The molecule has 0 spiro atoms. The second-order valence-corrected chi connectivity index (χ2v) is 4.54. The normalized spacial score (nSPS) is 13.5. The van der Waals surface area contributed by atoms with Gasteiger partial charge in [-0.3, -0.25) is 0 Å². The first kappa shape index (κ1) is 11.9. The molecule has 0 saturated carbocycles. The van der Waals surface area contributed by atoms with Crippen LogP contribution in [0.2, 0.25) is 0 Å². The highest BCUT2D eigenvalue weighted by atomic mass is 19.1. The minimum Gasteiger partial charge on any atom is -0.391 e. The highest BCUT2D eigenvalue weighted by molar-refractivity contribution is 6.02. The summed E-state index contributed by atoms with van der Waals surface area (Å²) in [6, 6.07) is 12.7. The van der Waals surface area contributed by atoms with E-state index in [1.165, 1.54) is 12.1 Å². The van der Waals surface area contributed by atoms with Crippen LogP contribution in [0, 0.1) is 5.82 Å². The first-order valence-corrected chi connectivity index (χ1v) is 6.36. The van der Waals surface area contributed by atoms with Crippen molar-refractivity contribution in [1.82, 2.24) is 0 Å². The van der Waals surface area contributed by atoms with Crippen LogP contribution in [0.25, 0.3) is 11.1 Å². The Labute approximate surface area is 111 Å². The summed E-state index contributed by atoms with van der Waals surface area (Å²) in [5, 5.41) is 4.07. The van der Waals surface area contributed by atoms with E-state index >= 15 is 0 Å². The molecule has 3 heteroatoms. The van der Waals surface area contributed by atoms with Crippen molar-refractivity contribution in [1.29, 1.82) is 0 Å². The third kappa shape index (κ3) is 2.24. The topological polar surface area (TPSA) is 21.6 Å². The van der Waals surface area contributed by atoms with Gasteiger partial charge in [-0.05, 0) is 35.7 Å². The summed E-state index contributed by atoms with van der Waals surface area (Å²) >= 11 is 0. The van der Waals surface area contributed by atoms with E-state index in [-0.39, 0.29) is 5.82 Å². The molecule has 0 bridgehead atoms. The van der Waals surface area contributed by atoms with Crippen LogP contribution < -0.4 is 0 Å². The van der Waals surface area contributed by atoms with Gasteiger partial charge >= 0.3 is 0 Å². The Balaban J connectivity index is 2.02. The van der Waals surface area contributed by atoms with Crippen molar-refractivity contribution in [2.75, 3.05) is 0 Å². The van der Waals surface area contributed by atoms with Crippen molar-refractivity contribution in [3.63, 3.8) is 0 Å². The third-order valence-electron chi connectivity index (χ3n) is 3.32. The predicted octanol–water partition coefficient (Wildman–Crippen LogP) is 4.14. The quantitative estimate of drug-likeness (QED) is 0.790. The number of rotatable bonds is 2. The van der Waals surface area contributed by atoms with Crippen molar-refractivity contribution >= 4 is 5.71 Å². The van der Waals surface area contributed by atoms with E-state index in [2.05, 4.69) is 24.2 Å². The zero-order chi connectivity index (χ0) is 13.2. The Morgan fingerprint density at radius 3 is 2.58 bits per heavy atom. The van der Waals surface area contributed by atoms with Gasteiger partial charge in [0.1, 0.15) is 12.4 Å². The molecule has 96 valence electrons. The Bertz CT molecular complexity index is 632. The number of benzene rings is 2. The lowest BCUT2D eigenvalue weighted by Crippen LogP contribution is -2.10. The molecule has 0 unspecified atom stereocenters. The van der Waals surface area contributed by atoms with E-state index in [9.17, 15) is 4.39 Å². The molecule has 2 aromatic rings. The van der Waals surface area contributed by atoms with Crippen LogP contribution in [0.5, 0.6) is 0 Å². The predicted molar refractivity (Wildman–Crippen MR) is 73.5 cm³/mol. The van der Waals surface area contributed by atoms with Gasteiger partial charge in [-0.2, -0.15) is 0 Å². The van der Waals surface area contributed by atoms with Crippen molar-refractivity contribution in [2.24, 2.45) is 5.16 Å². The minimum atomic E-state index is -0.217. The fourth-order valence-electron chi connectivity index (χ4n) is 2.30. The van der Waals surface area contributed by atoms with Crippen LogP contribution in [0.4, 0.5) is 4.39 Å². The fraction of sp³-hybridized carbons (Fsp3) is 0.188. The number of nitrogens with zero attached hydrogens (tertiary/aromatic N) is 1. The molecule has 0 radical (unpaired) electrons. The number of hydrogen-bond acceptors (Lipinski definition) is 2. The highest BCUT2D eigenvalue weighted by Crippen LogP contribution is 2.26. The van der Waals surface area contributed by atoms with Gasteiger partial charge in [0.25, 0.3) is 0 Å². The molecule has 0 fully saturated rings. The average molecular weight is 255 g/mol. The maximum Gasteiger partial charge on any atom is 0.143 e. The molecule has 1 aliphatic heterocycles. The zero-order valence-corrected chi connectivity index (χ0v) is 10.7. The molecule has 0 amide bonds. The van der Waals surface area contributed by atoms with E-state index in [1.54, 1.807) is 12.1 Å². The Morgan fingerprint density at radius 1 is 1.11 bits per heavy atom. The van der Waals surface area contributed by atoms with Gasteiger partial charge in [0.15, 0.2) is 0 Å². The largest absolute Gasteiger partial charge is 0.391 e. The summed E-state index contributed by atoms with van der Waals surface area (Å²) in [5.74, 6) is -0.217. The summed E-state index contributed by atoms with van der Waals surface area (Å²) in [4.78, 5) is 5.24. The molecule has 0 saturated heterocycles.